The number of benzene rings is 1. The molecule has 0 saturated heterocycles. The van der Waals surface area contributed by atoms with Gasteiger partial charge in [-0.1, -0.05) is 0 Å². The quantitative estimate of drug-likeness (QED) is 0.598. The normalized spacial score (nSPS) is 9.64. The third kappa shape index (κ3) is 1.83. The third-order valence-electron chi connectivity index (χ3n) is 1.29. The maximum atomic E-state index is 12.2. The molecule has 1 aromatic carbocycles. The van der Waals surface area contributed by atoms with Crippen molar-refractivity contribution in [3.8, 4) is 0 Å². The Morgan fingerprint density at radius 3 is 2.27 bits per heavy atom. The monoisotopic (exact) mass is 156 g/mol. The van der Waals surface area contributed by atoms with Gasteiger partial charge in [-0.15, -0.1) is 0 Å². The Morgan fingerprint density at radius 1 is 1.27 bits per heavy atom. The van der Waals surface area contributed by atoms with Crippen molar-refractivity contribution in [2.24, 2.45) is 0 Å². The molecule has 0 saturated carbocycles. The Kier molecular flexibility index (Phi) is 2.31. The molecular formula is C8H6F2O. The van der Waals surface area contributed by atoms with E-state index in [1.54, 1.807) is 0 Å². The van der Waals surface area contributed by atoms with Crippen molar-refractivity contribution >= 4 is 5.78 Å². The summed E-state index contributed by atoms with van der Waals surface area (Å²) >= 11 is 0. The van der Waals surface area contributed by atoms with E-state index in [-0.39, 0.29) is 5.56 Å². The average Bonchev–Trinajstić information content (AvgIpc) is 2.05. The summed E-state index contributed by atoms with van der Waals surface area (Å²) in [6.45, 7) is -1.04. The van der Waals surface area contributed by atoms with Crippen molar-refractivity contribution < 1.29 is 13.6 Å². The minimum absolute atomic E-state index is 0.203. The van der Waals surface area contributed by atoms with Gasteiger partial charge in [0.15, 0.2) is 12.5 Å². The summed E-state index contributed by atoms with van der Waals surface area (Å²) in [5.41, 5.74) is 0.203. The maximum absolute atomic E-state index is 12.2. The molecule has 0 amide bonds. The molecule has 58 valence electrons. The minimum Gasteiger partial charge on any atom is -0.291 e. The lowest BCUT2D eigenvalue weighted by Crippen LogP contribution is -2.00. The summed E-state index contributed by atoms with van der Waals surface area (Å²) in [4.78, 5) is 10.6. The Morgan fingerprint density at radius 2 is 1.82 bits per heavy atom. The van der Waals surface area contributed by atoms with E-state index >= 15 is 0 Å². The van der Waals surface area contributed by atoms with E-state index in [0.29, 0.717) is 0 Å². The van der Waals surface area contributed by atoms with Gasteiger partial charge in [0.1, 0.15) is 5.82 Å². The zero-order chi connectivity index (χ0) is 8.27. The molecule has 0 heterocycles. The molecule has 0 aliphatic carbocycles. The number of hydrogen-bond acceptors (Lipinski definition) is 1. The van der Waals surface area contributed by atoms with Crippen LogP contribution in [0, 0.1) is 5.82 Å². The number of hydrogen-bond donors (Lipinski definition) is 0. The largest absolute Gasteiger partial charge is 0.291 e. The van der Waals surface area contributed by atoms with Gasteiger partial charge in [0.2, 0.25) is 0 Å². The van der Waals surface area contributed by atoms with Gasteiger partial charge >= 0.3 is 0 Å². The fraction of sp³-hybridized carbons (Fsp3) is 0.125. The second kappa shape index (κ2) is 3.23. The zero-order valence-corrected chi connectivity index (χ0v) is 5.68. The van der Waals surface area contributed by atoms with Gasteiger partial charge < -0.3 is 0 Å². The molecule has 0 unspecified atom stereocenters. The Balaban J connectivity index is 2.90. The molecule has 0 N–H and O–H groups in total. The summed E-state index contributed by atoms with van der Waals surface area (Å²) < 4.78 is 24.0. The molecule has 1 nitrogen and oxygen atoms in total. The van der Waals surface area contributed by atoms with Crippen molar-refractivity contribution in [2.75, 3.05) is 6.67 Å². The summed E-state index contributed by atoms with van der Waals surface area (Å²) in [6.07, 6.45) is 0. The standard InChI is InChI=1S/C8H6F2O/c9-5-8(11)6-1-3-7(10)4-2-6/h1-4H,5H2. The van der Waals surface area contributed by atoms with E-state index in [2.05, 4.69) is 0 Å². The number of halogens is 2. The van der Waals surface area contributed by atoms with Crippen molar-refractivity contribution in [1.82, 2.24) is 0 Å². The highest BCUT2D eigenvalue weighted by Crippen LogP contribution is 2.03. The van der Waals surface area contributed by atoms with Gasteiger partial charge in [0, 0.05) is 5.56 Å². The third-order valence-corrected chi connectivity index (χ3v) is 1.29. The summed E-state index contributed by atoms with van der Waals surface area (Å²) in [5.74, 6) is -1.05. The molecule has 0 aliphatic rings. The van der Waals surface area contributed by atoms with E-state index in [9.17, 15) is 13.6 Å². The minimum atomic E-state index is -1.04. The highest BCUT2D eigenvalue weighted by molar-refractivity contribution is 5.96. The van der Waals surface area contributed by atoms with Crippen LogP contribution in [0.15, 0.2) is 24.3 Å². The van der Waals surface area contributed by atoms with Gasteiger partial charge in [-0.05, 0) is 24.3 Å². The van der Waals surface area contributed by atoms with Gasteiger partial charge in [-0.25, -0.2) is 8.78 Å². The lowest BCUT2D eigenvalue weighted by Gasteiger charge is -1.93. The molecule has 0 aromatic heterocycles. The van der Waals surface area contributed by atoms with Crippen LogP contribution in [-0.2, 0) is 0 Å². The fourth-order valence-electron chi connectivity index (χ4n) is 0.713. The molecule has 1 rings (SSSR count). The molecular weight excluding hydrogens is 150 g/mol. The van der Waals surface area contributed by atoms with Gasteiger partial charge in [0.05, 0.1) is 0 Å². The highest BCUT2D eigenvalue weighted by Gasteiger charge is 2.03. The lowest BCUT2D eigenvalue weighted by molar-refractivity contribution is 0.0958. The fourth-order valence-corrected chi connectivity index (χ4v) is 0.713. The van der Waals surface area contributed by atoms with E-state index in [0.717, 1.165) is 12.1 Å². The Labute approximate surface area is 62.7 Å². The Bertz CT molecular complexity index is 253. The molecule has 0 spiro atoms. The first-order chi connectivity index (χ1) is 5.24. The maximum Gasteiger partial charge on any atom is 0.193 e. The first-order valence-electron chi connectivity index (χ1n) is 3.09. The van der Waals surface area contributed by atoms with E-state index in [1.165, 1.54) is 12.1 Å². The highest BCUT2D eigenvalue weighted by atomic mass is 19.1. The number of alkyl halides is 1. The van der Waals surface area contributed by atoms with Crippen LogP contribution in [0.4, 0.5) is 8.78 Å². The van der Waals surface area contributed by atoms with Crippen molar-refractivity contribution in [2.45, 2.75) is 0 Å². The number of rotatable bonds is 2. The first-order valence-corrected chi connectivity index (χ1v) is 3.09. The van der Waals surface area contributed by atoms with E-state index < -0.39 is 18.3 Å². The van der Waals surface area contributed by atoms with Crippen LogP contribution >= 0.6 is 0 Å². The lowest BCUT2D eigenvalue weighted by atomic mass is 10.1. The van der Waals surface area contributed by atoms with E-state index in [1.807, 2.05) is 0 Å². The summed E-state index contributed by atoms with van der Waals surface area (Å²) in [7, 11) is 0. The number of carbonyl (C=O) groups excluding carboxylic acids is 1. The van der Waals surface area contributed by atoms with Crippen LogP contribution in [0.3, 0.4) is 0 Å². The predicted molar refractivity (Wildman–Crippen MR) is 36.7 cm³/mol. The topological polar surface area (TPSA) is 17.1 Å². The number of carbonyl (C=O) groups is 1. The molecule has 0 atom stereocenters. The second-order valence-corrected chi connectivity index (χ2v) is 2.06. The molecule has 11 heavy (non-hydrogen) atoms. The molecule has 0 aliphatic heterocycles. The van der Waals surface area contributed by atoms with Crippen LogP contribution in [-0.4, -0.2) is 12.5 Å². The van der Waals surface area contributed by atoms with Crippen molar-refractivity contribution in [3.63, 3.8) is 0 Å². The molecule has 0 bridgehead atoms. The number of Topliss-reactive ketones (excluding diaryl/α,β-unsaturated/α-hetero) is 1. The SMILES string of the molecule is O=C(CF)c1ccc(F)cc1. The summed E-state index contributed by atoms with van der Waals surface area (Å²) in [5, 5.41) is 0. The van der Waals surface area contributed by atoms with Crippen LogP contribution in [0.5, 0.6) is 0 Å². The van der Waals surface area contributed by atoms with Gasteiger partial charge in [-0.2, -0.15) is 0 Å². The average molecular weight is 156 g/mol. The second-order valence-electron chi connectivity index (χ2n) is 2.06. The summed E-state index contributed by atoms with van der Waals surface area (Å²) in [6, 6.07) is 4.78. The van der Waals surface area contributed by atoms with Crippen LogP contribution in [0.25, 0.3) is 0 Å². The predicted octanol–water partition coefficient (Wildman–Crippen LogP) is 1.98. The first kappa shape index (κ1) is 7.85. The van der Waals surface area contributed by atoms with Gasteiger partial charge in [-0.3, -0.25) is 4.79 Å². The van der Waals surface area contributed by atoms with Crippen molar-refractivity contribution in [3.05, 3.63) is 35.6 Å². The molecule has 0 radical (unpaired) electrons. The van der Waals surface area contributed by atoms with E-state index in [4.69, 9.17) is 0 Å². The zero-order valence-electron chi connectivity index (χ0n) is 5.68. The molecule has 1 aromatic rings. The van der Waals surface area contributed by atoms with Crippen LogP contribution < -0.4 is 0 Å². The van der Waals surface area contributed by atoms with Crippen LogP contribution in [0.1, 0.15) is 10.4 Å². The molecule has 0 fully saturated rings. The van der Waals surface area contributed by atoms with Crippen LogP contribution in [0.2, 0.25) is 0 Å². The Hall–Kier alpha value is -1.25. The number of ketones is 1. The van der Waals surface area contributed by atoms with Gasteiger partial charge in [0.25, 0.3) is 0 Å². The molecule has 3 heteroatoms. The smallest absolute Gasteiger partial charge is 0.193 e. The van der Waals surface area contributed by atoms with Crippen molar-refractivity contribution in [1.29, 1.82) is 0 Å².